The third-order valence-corrected chi connectivity index (χ3v) is 8.24. The minimum Gasteiger partial charge on any atom is -0.379 e. The lowest BCUT2D eigenvalue weighted by molar-refractivity contribution is -0.120. The van der Waals surface area contributed by atoms with E-state index in [0.717, 1.165) is 12.1 Å². The van der Waals surface area contributed by atoms with Crippen LogP contribution in [0.2, 0.25) is 5.02 Å². The quantitative estimate of drug-likeness (QED) is 0.679. The molecule has 1 saturated heterocycles. The standard InChI is InChI=1S/C20H19ClFN3O5S2/c21-15-9-13(22)1-3-16(15)23-19(26)11-25-17-10-14(2-4-18(17)31-12-20(25)27)32(28,29)24-5-7-30-8-6-24/h1-4,9-10H,5-8,11-12H2,(H,23,26). The van der Waals surface area contributed by atoms with Crippen LogP contribution in [0.25, 0.3) is 0 Å². The first kappa shape index (κ1) is 23.0. The summed E-state index contributed by atoms with van der Waals surface area (Å²) < 4.78 is 45.8. The molecule has 2 aromatic rings. The molecule has 0 radical (unpaired) electrons. The molecule has 2 heterocycles. The molecule has 0 atom stereocenters. The third kappa shape index (κ3) is 4.76. The lowest BCUT2D eigenvalue weighted by Gasteiger charge is -2.30. The van der Waals surface area contributed by atoms with Crippen LogP contribution in [-0.4, -0.2) is 63.1 Å². The van der Waals surface area contributed by atoms with Gasteiger partial charge in [-0.3, -0.25) is 9.59 Å². The van der Waals surface area contributed by atoms with E-state index in [-0.39, 0.29) is 46.9 Å². The van der Waals surface area contributed by atoms with Crippen molar-refractivity contribution in [2.24, 2.45) is 0 Å². The molecule has 12 heteroatoms. The number of nitrogens with zero attached hydrogens (tertiary/aromatic N) is 2. The second kappa shape index (κ2) is 9.36. The average Bonchev–Trinajstić information content (AvgIpc) is 2.78. The number of thioether (sulfide) groups is 1. The Morgan fingerprint density at radius 3 is 2.66 bits per heavy atom. The van der Waals surface area contributed by atoms with Crippen molar-refractivity contribution in [1.29, 1.82) is 0 Å². The highest BCUT2D eigenvalue weighted by Gasteiger charge is 2.31. The predicted molar refractivity (Wildman–Crippen MR) is 119 cm³/mol. The van der Waals surface area contributed by atoms with Crippen LogP contribution in [0.5, 0.6) is 0 Å². The van der Waals surface area contributed by atoms with Gasteiger partial charge in [0, 0.05) is 18.0 Å². The monoisotopic (exact) mass is 499 g/mol. The Morgan fingerprint density at radius 2 is 1.94 bits per heavy atom. The number of ether oxygens (including phenoxy) is 1. The van der Waals surface area contributed by atoms with Crippen LogP contribution in [0.4, 0.5) is 15.8 Å². The number of fused-ring (bicyclic) bond motifs is 1. The molecule has 8 nitrogen and oxygen atoms in total. The predicted octanol–water partition coefficient (Wildman–Crippen LogP) is 2.58. The van der Waals surface area contributed by atoms with Crippen LogP contribution in [0.15, 0.2) is 46.2 Å². The Bertz CT molecular complexity index is 1170. The van der Waals surface area contributed by atoms with E-state index >= 15 is 0 Å². The Kier molecular flexibility index (Phi) is 6.72. The summed E-state index contributed by atoms with van der Waals surface area (Å²) in [6.45, 7) is 0.782. The van der Waals surface area contributed by atoms with Gasteiger partial charge < -0.3 is 15.0 Å². The van der Waals surface area contributed by atoms with E-state index in [0.29, 0.717) is 23.8 Å². The summed E-state index contributed by atoms with van der Waals surface area (Å²) >= 11 is 7.23. The van der Waals surface area contributed by atoms with Gasteiger partial charge in [-0.05, 0) is 36.4 Å². The molecule has 0 spiro atoms. The van der Waals surface area contributed by atoms with E-state index in [1.54, 1.807) is 6.07 Å². The highest BCUT2D eigenvalue weighted by Crippen LogP contribution is 2.37. The van der Waals surface area contributed by atoms with Gasteiger partial charge in [0.15, 0.2) is 0 Å². The lowest BCUT2D eigenvalue weighted by atomic mass is 10.2. The first-order valence-corrected chi connectivity index (χ1v) is 12.5. The highest BCUT2D eigenvalue weighted by molar-refractivity contribution is 8.00. The average molecular weight is 500 g/mol. The fourth-order valence-corrected chi connectivity index (χ4v) is 5.94. The van der Waals surface area contributed by atoms with Crippen molar-refractivity contribution >= 4 is 56.6 Å². The SMILES string of the molecule is O=C(CN1C(=O)CSc2ccc(S(=O)(=O)N3CCOCC3)cc21)Nc1ccc(F)cc1Cl. The van der Waals surface area contributed by atoms with Crippen LogP contribution >= 0.6 is 23.4 Å². The van der Waals surface area contributed by atoms with Crippen molar-refractivity contribution in [3.63, 3.8) is 0 Å². The van der Waals surface area contributed by atoms with Crippen LogP contribution in [-0.2, 0) is 24.3 Å². The number of hydrogen-bond acceptors (Lipinski definition) is 6. The fourth-order valence-electron chi connectivity index (χ4n) is 3.38. The van der Waals surface area contributed by atoms with E-state index in [2.05, 4.69) is 5.32 Å². The van der Waals surface area contributed by atoms with Gasteiger partial charge in [-0.1, -0.05) is 11.6 Å². The molecule has 32 heavy (non-hydrogen) atoms. The van der Waals surface area contributed by atoms with Gasteiger partial charge in [-0.15, -0.1) is 11.8 Å². The molecule has 4 rings (SSSR count). The molecule has 1 N–H and O–H groups in total. The van der Waals surface area contributed by atoms with Gasteiger partial charge in [-0.2, -0.15) is 4.31 Å². The molecule has 0 saturated carbocycles. The maximum atomic E-state index is 13.2. The summed E-state index contributed by atoms with van der Waals surface area (Å²) in [6.07, 6.45) is 0. The Hall–Kier alpha value is -2.18. The number of carbonyl (C=O) groups excluding carboxylic acids is 2. The van der Waals surface area contributed by atoms with Crippen LogP contribution in [0.1, 0.15) is 0 Å². The van der Waals surface area contributed by atoms with Gasteiger partial charge >= 0.3 is 0 Å². The number of nitrogens with one attached hydrogen (secondary N) is 1. The molecule has 2 aromatic carbocycles. The van der Waals surface area contributed by atoms with Gasteiger partial charge in [0.1, 0.15) is 12.4 Å². The van der Waals surface area contributed by atoms with E-state index in [4.69, 9.17) is 16.3 Å². The summed E-state index contributed by atoms with van der Waals surface area (Å²) in [7, 11) is -3.77. The molecule has 2 aliphatic heterocycles. The summed E-state index contributed by atoms with van der Waals surface area (Å²) in [6, 6.07) is 8.11. The van der Waals surface area contributed by atoms with Crippen molar-refractivity contribution in [1.82, 2.24) is 4.31 Å². The van der Waals surface area contributed by atoms with Crippen molar-refractivity contribution in [3.8, 4) is 0 Å². The molecule has 2 amide bonds. The summed E-state index contributed by atoms with van der Waals surface area (Å²) in [5.74, 6) is -1.30. The minimum atomic E-state index is -3.77. The molecule has 0 aromatic heterocycles. The number of halogens is 2. The number of sulfonamides is 1. The van der Waals surface area contributed by atoms with Crippen LogP contribution < -0.4 is 10.2 Å². The van der Waals surface area contributed by atoms with E-state index in [1.807, 2.05) is 0 Å². The largest absolute Gasteiger partial charge is 0.379 e. The molecule has 0 unspecified atom stereocenters. The second-order valence-corrected chi connectivity index (χ2v) is 10.4. The van der Waals surface area contributed by atoms with Crippen molar-refractivity contribution < 1.29 is 27.1 Å². The third-order valence-electron chi connectivity index (χ3n) is 4.99. The van der Waals surface area contributed by atoms with Gasteiger partial charge in [0.05, 0.1) is 40.3 Å². The van der Waals surface area contributed by atoms with Gasteiger partial charge in [0.2, 0.25) is 21.8 Å². The van der Waals surface area contributed by atoms with E-state index < -0.39 is 21.7 Å². The zero-order valence-corrected chi connectivity index (χ0v) is 19.1. The smallest absolute Gasteiger partial charge is 0.244 e. The van der Waals surface area contributed by atoms with Crippen molar-refractivity contribution in [3.05, 3.63) is 47.2 Å². The maximum Gasteiger partial charge on any atom is 0.244 e. The van der Waals surface area contributed by atoms with Gasteiger partial charge in [-0.25, -0.2) is 12.8 Å². The fraction of sp³-hybridized carbons (Fsp3) is 0.300. The van der Waals surface area contributed by atoms with Gasteiger partial charge in [0.25, 0.3) is 0 Å². The topological polar surface area (TPSA) is 96.0 Å². The number of hydrogen-bond donors (Lipinski definition) is 1. The number of morpholine rings is 1. The summed E-state index contributed by atoms with van der Waals surface area (Å²) in [5.41, 5.74) is 0.557. The molecule has 0 aliphatic carbocycles. The Labute approximate surface area is 193 Å². The Morgan fingerprint density at radius 1 is 1.19 bits per heavy atom. The van der Waals surface area contributed by atoms with E-state index in [1.165, 1.54) is 39.2 Å². The molecule has 0 bridgehead atoms. The minimum absolute atomic E-state index is 0.0261. The number of benzene rings is 2. The second-order valence-electron chi connectivity index (χ2n) is 7.09. The highest BCUT2D eigenvalue weighted by atomic mass is 35.5. The van der Waals surface area contributed by atoms with Crippen molar-refractivity contribution in [2.45, 2.75) is 9.79 Å². The number of carbonyl (C=O) groups is 2. The van der Waals surface area contributed by atoms with Crippen LogP contribution in [0.3, 0.4) is 0 Å². The first-order valence-electron chi connectivity index (χ1n) is 9.66. The molecule has 1 fully saturated rings. The molecule has 170 valence electrons. The zero-order valence-electron chi connectivity index (χ0n) is 16.7. The Balaban J connectivity index is 1.59. The zero-order chi connectivity index (χ0) is 22.9. The van der Waals surface area contributed by atoms with Crippen LogP contribution in [0, 0.1) is 5.82 Å². The number of amides is 2. The van der Waals surface area contributed by atoms with E-state index in [9.17, 15) is 22.4 Å². The number of anilines is 2. The lowest BCUT2D eigenvalue weighted by Crippen LogP contribution is -2.42. The normalized spacial score (nSPS) is 17.2. The summed E-state index contributed by atoms with van der Waals surface area (Å²) in [5, 5.41) is 2.58. The molecule has 2 aliphatic rings. The first-order chi connectivity index (χ1) is 15.3. The van der Waals surface area contributed by atoms with Crippen molar-refractivity contribution in [2.75, 3.05) is 48.8 Å². The molecular weight excluding hydrogens is 481 g/mol. The maximum absolute atomic E-state index is 13.2. The number of rotatable bonds is 5. The molecular formula is C20H19ClFN3O5S2. The summed E-state index contributed by atoms with van der Waals surface area (Å²) in [4.78, 5) is 27.2.